The zero-order chi connectivity index (χ0) is 11.9. The summed E-state index contributed by atoms with van der Waals surface area (Å²) in [6.07, 6.45) is 3.14. The van der Waals surface area contributed by atoms with Crippen molar-refractivity contribution in [2.45, 2.75) is 6.42 Å². The predicted molar refractivity (Wildman–Crippen MR) is 75.9 cm³/mol. The highest BCUT2D eigenvalue weighted by atomic mass is 14.9. The average molecular weight is 234 g/mol. The summed E-state index contributed by atoms with van der Waals surface area (Å²) in [4.78, 5) is 3.28. The minimum atomic E-state index is 1.05. The molecule has 2 heterocycles. The maximum atomic E-state index is 3.51. The molecule has 88 valence electrons. The fourth-order valence-electron chi connectivity index (χ4n) is 2.88. The van der Waals surface area contributed by atoms with Gasteiger partial charge in [-0.25, -0.2) is 0 Å². The maximum Gasteiger partial charge on any atom is 0.0460 e. The molecule has 0 saturated heterocycles. The number of anilines is 1. The van der Waals surface area contributed by atoms with E-state index in [4.69, 9.17) is 0 Å². The molecule has 18 heavy (non-hydrogen) atoms. The molecule has 2 nitrogen and oxygen atoms in total. The molecular formula is C16H14N2. The lowest BCUT2D eigenvalue weighted by Gasteiger charge is -2.10. The third-order valence-corrected chi connectivity index (χ3v) is 3.73. The van der Waals surface area contributed by atoms with E-state index in [0.717, 1.165) is 13.0 Å². The summed E-state index contributed by atoms with van der Waals surface area (Å²) < 4.78 is 0. The monoisotopic (exact) mass is 234 g/mol. The van der Waals surface area contributed by atoms with Crippen molar-refractivity contribution in [2.24, 2.45) is 0 Å². The van der Waals surface area contributed by atoms with Gasteiger partial charge < -0.3 is 10.3 Å². The number of aromatic nitrogens is 1. The Hall–Kier alpha value is -2.22. The van der Waals surface area contributed by atoms with E-state index in [1.54, 1.807) is 0 Å². The first kappa shape index (κ1) is 9.77. The zero-order valence-corrected chi connectivity index (χ0v) is 10.0. The molecule has 0 fully saturated rings. The third kappa shape index (κ3) is 1.29. The molecule has 2 N–H and O–H groups in total. The number of H-pyrrole nitrogens is 1. The second-order valence-corrected chi connectivity index (χ2v) is 4.76. The van der Waals surface area contributed by atoms with Crippen LogP contribution in [-0.2, 0) is 6.42 Å². The van der Waals surface area contributed by atoms with Gasteiger partial charge in [0.25, 0.3) is 0 Å². The van der Waals surface area contributed by atoms with Crippen LogP contribution in [0.3, 0.4) is 0 Å². The highest BCUT2D eigenvalue weighted by molar-refractivity contribution is 5.99. The van der Waals surface area contributed by atoms with Gasteiger partial charge in [0.05, 0.1) is 0 Å². The fraction of sp³-hybridized carbons (Fsp3) is 0.125. The van der Waals surface area contributed by atoms with Gasteiger partial charge in [-0.1, -0.05) is 30.3 Å². The lowest BCUT2D eigenvalue weighted by atomic mass is 9.98. The van der Waals surface area contributed by atoms with Crippen molar-refractivity contribution in [3.63, 3.8) is 0 Å². The van der Waals surface area contributed by atoms with Crippen LogP contribution in [0.25, 0.3) is 22.0 Å². The van der Waals surface area contributed by atoms with Crippen LogP contribution in [0.15, 0.2) is 48.7 Å². The van der Waals surface area contributed by atoms with Gasteiger partial charge in [0.1, 0.15) is 0 Å². The van der Waals surface area contributed by atoms with Crippen molar-refractivity contribution in [3.8, 4) is 11.1 Å². The van der Waals surface area contributed by atoms with Crippen LogP contribution in [-0.4, -0.2) is 11.5 Å². The van der Waals surface area contributed by atoms with Crippen molar-refractivity contribution >= 4 is 16.6 Å². The van der Waals surface area contributed by atoms with Crippen LogP contribution < -0.4 is 5.32 Å². The molecule has 0 aliphatic carbocycles. The summed E-state index contributed by atoms with van der Waals surface area (Å²) in [5, 5.41) is 4.81. The standard InChI is InChI=1S/C16H14N2/c1-3-11-7-9-18-16(11)14(5-1)12-4-2-6-15-13(12)8-10-17-15/h1-6,8,10,17-18H,7,9H2. The van der Waals surface area contributed by atoms with Gasteiger partial charge in [0, 0.05) is 34.9 Å². The number of hydrogen-bond donors (Lipinski definition) is 2. The number of benzene rings is 2. The van der Waals surface area contributed by atoms with E-state index in [9.17, 15) is 0 Å². The lowest BCUT2D eigenvalue weighted by molar-refractivity contribution is 1.11. The highest BCUT2D eigenvalue weighted by Crippen LogP contribution is 2.37. The Morgan fingerprint density at radius 3 is 2.78 bits per heavy atom. The van der Waals surface area contributed by atoms with Crippen molar-refractivity contribution in [1.29, 1.82) is 0 Å². The fourth-order valence-corrected chi connectivity index (χ4v) is 2.88. The molecular weight excluding hydrogens is 220 g/mol. The molecule has 4 rings (SSSR count). The summed E-state index contributed by atoms with van der Waals surface area (Å²) in [7, 11) is 0. The second-order valence-electron chi connectivity index (χ2n) is 4.76. The van der Waals surface area contributed by atoms with Crippen LogP contribution in [0.1, 0.15) is 5.56 Å². The van der Waals surface area contributed by atoms with Crippen molar-refractivity contribution in [3.05, 3.63) is 54.2 Å². The van der Waals surface area contributed by atoms with Crippen molar-refractivity contribution < 1.29 is 0 Å². The largest absolute Gasteiger partial charge is 0.384 e. The minimum absolute atomic E-state index is 1.05. The molecule has 0 radical (unpaired) electrons. The number of para-hydroxylation sites is 1. The molecule has 0 saturated carbocycles. The van der Waals surface area contributed by atoms with Crippen LogP contribution in [0, 0.1) is 0 Å². The normalized spacial score (nSPS) is 13.6. The van der Waals surface area contributed by atoms with Crippen molar-refractivity contribution in [1.82, 2.24) is 4.98 Å². The molecule has 1 aliphatic heterocycles. The maximum absolute atomic E-state index is 3.51. The molecule has 0 bridgehead atoms. The Balaban J connectivity index is 2.03. The molecule has 0 unspecified atom stereocenters. The van der Waals surface area contributed by atoms with Gasteiger partial charge in [-0.05, 0) is 29.7 Å². The Labute approximate surface area is 106 Å². The third-order valence-electron chi connectivity index (χ3n) is 3.73. The highest BCUT2D eigenvalue weighted by Gasteiger charge is 2.16. The van der Waals surface area contributed by atoms with Crippen LogP contribution >= 0.6 is 0 Å². The minimum Gasteiger partial charge on any atom is -0.384 e. The molecule has 0 amide bonds. The second kappa shape index (κ2) is 3.64. The molecule has 1 aromatic heterocycles. The average Bonchev–Trinajstić information content (AvgIpc) is 3.06. The molecule has 3 aromatic rings. The smallest absolute Gasteiger partial charge is 0.0460 e. The Kier molecular flexibility index (Phi) is 1.97. The predicted octanol–water partition coefficient (Wildman–Crippen LogP) is 3.80. The molecule has 0 atom stereocenters. The summed E-state index contributed by atoms with van der Waals surface area (Å²) in [6, 6.07) is 15.2. The molecule has 0 spiro atoms. The number of fused-ring (bicyclic) bond motifs is 2. The quantitative estimate of drug-likeness (QED) is 0.658. The van der Waals surface area contributed by atoms with Crippen LogP contribution in [0.2, 0.25) is 0 Å². The summed E-state index contributed by atoms with van der Waals surface area (Å²) in [5.41, 5.74) is 6.56. The van der Waals surface area contributed by atoms with Crippen molar-refractivity contribution in [2.75, 3.05) is 11.9 Å². The zero-order valence-electron chi connectivity index (χ0n) is 10.0. The first-order chi connectivity index (χ1) is 8.93. The van der Waals surface area contributed by atoms with Gasteiger partial charge in [-0.15, -0.1) is 0 Å². The van der Waals surface area contributed by atoms with Gasteiger partial charge in [-0.3, -0.25) is 0 Å². The number of aromatic amines is 1. The van der Waals surface area contributed by atoms with E-state index >= 15 is 0 Å². The first-order valence-electron chi connectivity index (χ1n) is 6.36. The molecule has 2 heteroatoms. The Morgan fingerprint density at radius 2 is 1.78 bits per heavy atom. The van der Waals surface area contributed by atoms with E-state index in [-0.39, 0.29) is 0 Å². The van der Waals surface area contributed by atoms with E-state index < -0.39 is 0 Å². The summed E-state index contributed by atoms with van der Waals surface area (Å²) in [6.45, 7) is 1.05. The van der Waals surface area contributed by atoms with E-state index in [2.05, 4.69) is 52.8 Å². The van der Waals surface area contributed by atoms with Crippen LogP contribution in [0.4, 0.5) is 5.69 Å². The van der Waals surface area contributed by atoms with Gasteiger partial charge >= 0.3 is 0 Å². The van der Waals surface area contributed by atoms with Gasteiger partial charge in [0.15, 0.2) is 0 Å². The lowest BCUT2D eigenvalue weighted by Crippen LogP contribution is -1.93. The van der Waals surface area contributed by atoms with Gasteiger partial charge in [0.2, 0.25) is 0 Å². The SMILES string of the molecule is c1cc2c(c(-c3cccc4[nH]ccc34)c1)NCC2. The molecule has 1 aliphatic rings. The van der Waals surface area contributed by atoms with E-state index in [0.29, 0.717) is 0 Å². The summed E-state index contributed by atoms with van der Waals surface area (Å²) >= 11 is 0. The van der Waals surface area contributed by atoms with Crippen LogP contribution in [0.5, 0.6) is 0 Å². The Morgan fingerprint density at radius 1 is 0.889 bits per heavy atom. The topological polar surface area (TPSA) is 27.8 Å². The van der Waals surface area contributed by atoms with E-state index in [1.807, 2.05) is 6.20 Å². The number of nitrogens with one attached hydrogen (secondary N) is 2. The Bertz CT molecular complexity index is 725. The first-order valence-corrected chi connectivity index (χ1v) is 6.36. The number of hydrogen-bond acceptors (Lipinski definition) is 1. The summed E-state index contributed by atoms with van der Waals surface area (Å²) in [5.74, 6) is 0. The van der Waals surface area contributed by atoms with Gasteiger partial charge in [-0.2, -0.15) is 0 Å². The van der Waals surface area contributed by atoms with E-state index in [1.165, 1.54) is 33.3 Å². The molecule has 2 aromatic carbocycles. The number of rotatable bonds is 1.